The number of thiophene rings is 1. The maximum absolute atomic E-state index is 12.0. The van der Waals surface area contributed by atoms with Crippen LogP contribution in [0.25, 0.3) is 0 Å². The zero-order valence-corrected chi connectivity index (χ0v) is 10.8. The van der Waals surface area contributed by atoms with E-state index in [-0.39, 0.29) is 11.8 Å². The molecule has 3 heteroatoms. The first-order valence-corrected chi connectivity index (χ1v) is 7.12. The molecule has 1 aromatic carbocycles. The summed E-state index contributed by atoms with van der Waals surface area (Å²) < 4.78 is 0. The van der Waals surface area contributed by atoms with Gasteiger partial charge in [0.1, 0.15) is 0 Å². The molecule has 2 atom stereocenters. The molecule has 1 saturated carbocycles. The van der Waals surface area contributed by atoms with Crippen LogP contribution < -0.4 is 5.32 Å². The largest absolute Gasteiger partial charge is 0.352 e. The summed E-state index contributed by atoms with van der Waals surface area (Å²) in [7, 11) is 0. The third-order valence-electron chi connectivity index (χ3n) is 3.41. The Bertz CT molecular complexity index is 521. The molecule has 0 spiro atoms. The molecule has 1 heterocycles. The fourth-order valence-electron chi connectivity index (χ4n) is 2.26. The Morgan fingerprint density at radius 2 is 2.11 bits per heavy atom. The number of benzene rings is 1. The maximum atomic E-state index is 12.0. The van der Waals surface area contributed by atoms with Gasteiger partial charge in [-0.1, -0.05) is 30.3 Å². The topological polar surface area (TPSA) is 29.1 Å². The van der Waals surface area contributed by atoms with Crippen LogP contribution in [0, 0.1) is 5.92 Å². The van der Waals surface area contributed by atoms with Crippen LogP contribution in [-0.2, 0) is 11.3 Å². The second-order valence-electron chi connectivity index (χ2n) is 4.71. The van der Waals surface area contributed by atoms with Crippen molar-refractivity contribution in [3.63, 3.8) is 0 Å². The Labute approximate surface area is 111 Å². The van der Waals surface area contributed by atoms with E-state index in [4.69, 9.17) is 0 Å². The Kier molecular flexibility index (Phi) is 3.15. The second kappa shape index (κ2) is 4.94. The molecule has 0 unspecified atom stereocenters. The van der Waals surface area contributed by atoms with Crippen molar-refractivity contribution in [2.24, 2.45) is 5.92 Å². The van der Waals surface area contributed by atoms with E-state index in [0.717, 1.165) is 12.0 Å². The normalized spacial score (nSPS) is 21.6. The Hall–Kier alpha value is -1.61. The fourth-order valence-corrected chi connectivity index (χ4v) is 2.98. The molecular formula is C15H15NOS. The Morgan fingerprint density at radius 1 is 1.28 bits per heavy atom. The molecule has 1 aliphatic rings. The maximum Gasteiger partial charge on any atom is 0.224 e. The number of hydrogen-bond acceptors (Lipinski definition) is 2. The molecule has 3 rings (SSSR count). The van der Waals surface area contributed by atoms with Crippen LogP contribution in [0.5, 0.6) is 0 Å². The van der Waals surface area contributed by atoms with Gasteiger partial charge in [0, 0.05) is 12.5 Å². The van der Waals surface area contributed by atoms with E-state index in [2.05, 4.69) is 22.1 Å². The predicted octanol–water partition coefficient (Wildman–Crippen LogP) is 3.17. The molecule has 0 saturated heterocycles. The monoisotopic (exact) mass is 257 g/mol. The highest BCUT2D eigenvalue weighted by atomic mass is 32.1. The molecule has 1 aromatic heterocycles. The molecule has 18 heavy (non-hydrogen) atoms. The van der Waals surface area contributed by atoms with E-state index >= 15 is 0 Å². The third-order valence-corrected chi connectivity index (χ3v) is 4.11. The summed E-state index contributed by atoms with van der Waals surface area (Å²) in [6.45, 7) is 0.631. The average molecular weight is 257 g/mol. The minimum atomic E-state index is 0.184. The van der Waals surface area contributed by atoms with E-state index in [1.165, 1.54) is 5.56 Å². The second-order valence-corrected chi connectivity index (χ2v) is 5.49. The summed E-state index contributed by atoms with van der Waals surface area (Å²) in [5, 5.41) is 7.24. The van der Waals surface area contributed by atoms with Gasteiger partial charge in [-0.05, 0) is 40.3 Å². The van der Waals surface area contributed by atoms with Crippen molar-refractivity contribution >= 4 is 17.2 Å². The number of carbonyl (C=O) groups is 1. The van der Waals surface area contributed by atoms with E-state index in [9.17, 15) is 4.79 Å². The highest BCUT2D eigenvalue weighted by Crippen LogP contribution is 2.48. The van der Waals surface area contributed by atoms with Crippen LogP contribution >= 0.6 is 11.3 Å². The minimum Gasteiger partial charge on any atom is -0.352 e. The van der Waals surface area contributed by atoms with Gasteiger partial charge in [0.15, 0.2) is 0 Å². The van der Waals surface area contributed by atoms with Crippen molar-refractivity contribution in [2.45, 2.75) is 18.9 Å². The SMILES string of the molecule is O=C(NCc1ccccc1)[C@@H]1C[C@H]1c1ccsc1. The van der Waals surface area contributed by atoms with Gasteiger partial charge in [-0.15, -0.1) is 0 Å². The summed E-state index contributed by atoms with van der Waals surface area (Å²) >= 11 is 1.70. The fraction of sp³-hybridized carbons (Fsp3) is 0.267. The van der Waals surface area contributed by atoms with Crippen LogP contribution in [0.1, 0.15) is 23.5 Å². The van der Waals surface area contributed by atoms with Gasteiger partial charge in [-0.2, -0.15) is 11.3 Å². The first-order valence-electron chi connectivity index (χ1n) is 6.18. The van der Waals surface area contributed by atoms with E-state index in [0.29, 0.717) is 12.5 Å². The number of carbonyl (C=O) groups excluding carboxylic acids is 1. The summed E-state index contributed by atoms with van der Waals surface area (Å²) in [6.07, 6.45) is 0.997. The van der Waals surface area contributed by atoms with Crippen molar-refractivity contribution in [1.82, 2.24) is 5.32 Å². The molecule has 1 N–H and O–H groups in total. The van der Waals surface area contributed by atoms with E-state index in [1.54, 1.807) is 11.3 Å². The van der Waals surface area contributed by atoms with Gasteiger partial charge in [0.25, 0.3) is 0 Å². The zero-order valence-electron chi connectivity index (χ0n) is 10.0. The Morgan fingerprint density at radius 3 is 2.83 bits per heavy atom. The van der Waals surface area contributed by atoms with Crippen LogP contribution in [0.4, 0.5) is 0 Å². The first kappa shape index (κ1) is 11.5. The quantitative estimate of drug-likeness (QED) is 0.895. The zero-order chi connectivity index (χ0) is 12.4. The lowest BCUT2D eigenvalue weighted by Crippen LogP contribution is -2.24. The highest BCUT2D eigenvalue weighted by molar-refractivity contribution is 7.08. The van der Waals surface area contributed by atoms with Crippen molar-refractivity contribution < 1.29 is 4.79 Å². The molecular weight excluding hydrogens is 242 g/mol. The van der Waals surface area contributed by atoms with Crippen LogP contribution in [0.3, 0.4) is 0 Å². The molecule has 2 aromatic rings. The van der Waals surface area contributed by atoms with Gasteiger partial charge in [-0.3, -0.25) is 4.79 Å². The smallest absolute Gasteiger partial charge is 0.224 e. The third kappa shape index (κ3) is 2.46. The lowest BCUT2D eigenvalue weighted by molar-refractivity contribution is -0.122. The van der Waals surface area contributed by atoms with Crippen molar-refractivity contribution in [2.75, 3.05) is 0 Å². The molecule has 92 valence electrons. The van der Waals surface area contributed by atoms with Crippen molar-refractivity contribution in [1.29, 1.82) is 0 Å². The van der Waals surface area contributed by atoms with Gasteiger partial charge in [0.2, 0.25) is 5.91 Å². The van der Waals surface area contributed by atoms with Crippen LogP contribution in [0.2, 0.25) is 0 Å². The summed E-state index contributed by atoms with van der Waals surface area (Å²) in [4.78, 5) is 12.0. The molecule has 1 fully saturated rings. The molecule has 1 aliphatic carbocycles. The number of rotatable bonds is 4. The summed E-state index contributed by atoms with van der Waals surface area (Å²) in [5.74, 6) is 0.824. The number of amides is 1. The molecule has 0 radical (unpaired) electrons. The van der Waals surface area contributed by atoms with Crippen molar-refractivity contribution in [3.05, 3.63) is 58.3 Å². The highest BCUT2D eigenvalue weighted by Gasteiger charge is 2.43. The van der Waals surface area contributed by atoms with Gasteiger partial charge in [0.05, 0.1) is 0 Å². The van der Waals surface area contributed by atoms with Crippen LogP contribution in [-0.4, -0.2) is 5.91 Å². The standard InChI is InChI=1S/C15H15NOS/c17-15(16-9-11-4-2-1-3-5-11)14-8-13(14)12-6-7-18-10-12/h1-7,10,13-14H,8-9H2,(H,16,17)/t13-,14+/m0/s1. The molecule has 2 nitrogen and oxygen atoms in total. The average Bonchev–Trinajstić information content (AvgIpc) is 3.03. The van der Waals surface area contributed by atoms with Crippen LogP contribution in [0.15, 0.2) is 47.2 Å². The number of hydrogen-bond donors (Lipinski definition) is 1. The van der Waals surface area contributed by atoms with E-state index < -0.39 is 0 Å². The minimum absolute atomic E-state index is 0.184. The van der Waals surface area contributed by atoms with Crippen molar-refractivity contribution in [3.8, 4) is 0 Å². The number of nitrogens with one attached hydrogen (secondary N) is 1. The van der Waals surface area contributed by atoms with Gasteiger partial charge in [-0.25, -0.2) is 0 Å². The predicted molar refractivity (Wildman–Crippen MR) is 73.5 cm³/mol. The molecule has 0 aliphatic heterocycles. The lowest BCUT2D eigenvalue weighted by Gasteiger charge is -2.04. The first-order chi connectivity index (χ1) is 8.84. The summed E-state index contributed by atoms with van der Waals surface area (Å²) in [6, 6.07) is 12.2. The summed E-state index contributed by atoms with van der Waals surface area (Å²) in [5.41, 5.74) is 2.47. The van der Waals surface area contributed by atoms with E-state index in [1.807, 2.05) is 30.3 Å². The molecule has 0 bridgehead atoms. The Balaban J connectivity index is 1.52. The molecule has 1 amide bonds. The van der Waals surface area contributed by atoms with Gasteiger partial charge >= 0.3 is 0 Å². The van der Waals surface area contributed by atoms with Gasteiger partial charge < -0.3 is 5.32 Å². The lowest BCUT2D eigenvalue weighted by atomic mass is 10.2.